The average molecular weight is 257 g/mol. The van der Waals surface area contributed by atoms with Gasteiger partial charge in [-0.05, 0) is 12.5 Å². The van der Waals surface area contributed by atoms with Crippen molar-refractivity contribution in [3.05, 3.63) is 28.7 Å². The standard InChI is InChI=1S/C10H15N3O3S/c11-9-2-3-10(14)12(8-9)5-6-13-4-1-7-17(13,15)16/h2-3,8H,1,4-7,11H2. The summed E-state index contributed by atoms with van der Waals surface area (Å²) >= 11 is 0. The number of pyridine rings is 1. The molecule has 1 aromatic heterocycles. The Morgan fingerprint density at radius 2 is 2.06 bits per heavy atom. The van der Waals surface area contributed by atoms with Gasteiger partial charge in [0.05, 0.1) is 5.75 Å². The maximum Gasteiger partial charge on any atom is 0.250 e. The zero-order valence-electron chi connectivity index (χ0n) is 9.37. The Morgan fingerprint density at radius 1 is 1.29 bits per heavy atom. The highest BCUT2D eigenvalue weighted by Gasteiger charge is 2.27. The third-order valence-corrected chi connectivity index (χ3v) is 4.76. The molecule has 1 fully saturated rings. The van der Waals surface area contributed by atoms with Crippen molar-refractivity contribution >= 4 is 15.7 Å². The van der Waals surface area contributed by atoms with Gasteiger partial charge in [0.25, 0.3) is 5.56 Å². The SMILES string of the molecule is Nc1ccc(=O)n(CCN2CCCS2(=O)=O)c1. The molecular weight excluding hydrogens is 242 g/mol. The van der Waals surface area contributed by atoms with Gasteiger partial charge in [0.2, 0.25) is 10.0 Å². The lowest BCUT2D eigenvalue weighted by atomic mass is 10.4. The van der Waals surface area contributed by atoms with Crippen molar-refractivity contribution in [1.82, 2.24) is 8.87 Å². The number of rotatable bonds is 3. The quantitative estimate of drug-likeness (QED) is 0.788. The molecule has 6 nitrogen and oxygen atoms in total. The van der Waals surface area contributed by atoms with Crippen LogP contribution in [0.3, 0.4) is 0 Å². The molecule has 17 heavy (non-hydrogen) atoms. The molecule has 1 aliphatic heterocycles. The minimum Gasteiger partial charge on any atom is -0.398 e. The molecule has 0 atom stereocenters. The van der Waals surface area contributed by atoms with Crippen LogP contribution < -0.4 is 11.3 Å². The van der Waals surface area contributed by atoms with Crippen molar-refractivity contribution in [2.24, 2.45) is 0 Å². The van der Waals surface area contributed by atoms with Crippen molar-refractivity contribution < 1.29 is 8.42 Å². The van der Waals surface area contributed by atoms with E-state index in [1.54, 1.807) is 0 Å². The van der Waals surface area contributed by atoms with Crippen LogP contribution in [0, 0.1) is 0 Å². The predicted molar refractivity (Wildman–Crippen MR) is 65.1 cm³/mol. The van der Waals surface area contributed by atoms with Crippen LogP contribution in [0.2, 0.25) is 0 Å². The molecule has 0 aliphatic carbocycles. The summed E-state index contributed by atoms with van der Waals surface area (Å²) in [5, 5.41) is 0. The molecule has 1 aromatic rings. The Bertz CT molecular complexity index is 564. The molecular formula is C10H15N3O3S. The van der Waals surface area contributed by atoms with Crippen LogP contribution in [0.25, 0.3) is 0 Å². The number of nitrogen functional groups attached to an aromatic ring is 1. The van der Waals surface area contributed by atoms with E-state index in [2.05, 4.69) is 0 Å². The average Bonchev–Trinajstić information content (AvgIpc) is 2.59. The van der Waals surface area contributed by atoms with E-state index in [-0.39, 0.29) is 11.3 Å². The number of anilines is 1. The fourth-order valence-corrected chi connectivity index (χ4v) is 3.41. The van der Waals surface area contributed by atoms with Gasteiger partial charge in [0, 0.05) is 37.6 Å². The Kier molecular flexibility index (Phi) is 3.21. The second-order valence-electron chi connectivity index (χ2n) is 4.06. The summed E-state index contributed by atoms with van der Waals surface area (Å²) < 4.78 is 26.0. The lowest BCUT2D eigenvalue weighted by Crippen LogP contribution is -2.32. The first-order valence-corrected chi connectivity index (χ1v) is 7.04. The van der Waals surface area contributed by atoms with Crippen molar-refractivity contribution in [3.63, 3.8) is 0 Å². The molecule has 0 saturated carbocycles. The Morgan fingerprint density at radius 3 is 2.71 bits per heavy atom. The Balaban J connectivity index is 2.08. The summed E-state index contributed by atoms with van der Waals surface area (Å²) in [5.41, 5.74) is 5.90. The normalized spacial score (nSPS) is 19.5. The number of hydrogen-bond acceptors (Lipinski definition) is 4. The minimum absolute atomic E-state index is 0.171. The van der Waals surface area contributed by atoms with E-state index in [1.165, 1.54) is 27.2 Å². The highest BCUT2D eigenvalue weighted by Crippen LogP contribution is 2.12. The molecule has 7 heteroatoms. The van der Waals surface area contributed by atoms with Gasteiger partial charge in [-0.25, -0.2) is 12.7 Å². The Labute approximate surface area is 99.7 Å². The molecule has 1 aliphatic rings. The summed E-state index contributed by atoms with van der Waals surface area (Å²) in [4.78, 5) is 11.5. The molecule has 0 amide bonds. The van der Waals surface area contributed by atoms with Crippen molar-refractivity contribution in [2.75, 3.05) is 24.6 Å². The van der Waals surface area contributed by atoms with E-state index < -0.39 is 10.0 Å². The van der Waals surface area contributed by atoms with Crippen molar-refractivity contribution in [3.8, 4) is 0 Å². The number of sulfonamides is 1. The van der Waals surface area contributed by atoms with Crippen molar-refractivity contribution in [2.45, 2.75) is 13.0 Å². The highest BCUT2D eigenvalue weighted by atomic mass is 32.2. The fraction of sp³-hybridized carbons (Fsp3) is 0.500. The maximum absolute atomic E-state index is 11.5. The largest absolute Gasteiger partial charge is 0.398 e. The lowest BCUT2D eigenvalue weighted by molar-refractivity contribution is 0.417. The number of nitrogens with two attached hydrogens (primary N) is 1. The van der Waals surface area contributed by atoms with Gasteiger partial charge in [0.15, 0.2) is 0 Å². The van der Waals surface area contributed by atoms with Crippen LogP contribution in [0.1, 0.15) is 6.42 Å². The first kappa shape index (κ1) is 12.1. The molecule has 2 N–H and O–H groups in total. The molecule has 0 bridgehead atoms. The molecule has 94 valence electrons. The van der Waals surface area contributed by atoms with Gasteiger partial charge < -0.3 is 10.3 Å². The molecule has 0 unspecified atom stereocenters. The van der Waals surface area contributed by atoms with E-state index in [1.807, 2.05) is 0 Å². The summed E-state index contributed by atoms with van der Waals surface area (Å²) in [7, 11) is -3.09. The van der Waals surface area contributed by atoms with Crippen LogP contribution in [0.4, 0.5) is 5.69 Å². The van der Waals surface area contributed by atoms with Crippen molar-refractivity contribution in [1.29, 1.82) is 0 Å². The molecule has 2 heterocycles. The van der Waals surface area contributed by atoms with Gasteiger partial charge in [-0.15, -0.1) is 0 Å². The molecule has 2 rings (SSSR count). The predicted octanol–water partition coefficient (Wildman–Crippen LogP) is -0.534. The first-order chi connectivity index (χ1) is 7.99. The first-order valence-electron chi connectivity index (χ1n) is 5.43. The Hall–Kier alpha value is -1.34. The van der Waals surface area contributed by atoms with Gasteiger partial charge >= 0.3 is 0 Å². The lowest BCUT2D eigenvalue weighted by Gasteiger charge is -2.15. The highest BCUT2D eigenvalue weighted by molar-refractivity contribution is 7.89. The van der Waals surface area contributed by atoms with Gasteiger partial charge in [-0.1, -0.05) is 0 Å². The second-order valence-corrected chi connectivity index (χ2v) is 6.15. The zero-order valence-corrected chi connectivity index (χ0v) is 10.2. The van der Waals surface area contributed by atoms with Crippen LogP contribution >= 0.6 is 0 Å². The van der Waals surface area contributed by atoms with E-state index in [9.17, 15) is 13.2 Å². The maximum atomic E-state index is 11.5. The monoisotopic (exact) mass is 257 g/mol. The topological polar surface area (TPSA) is 85.4 Å². The summed E-state index contributed by atoms with van der Waals surface area (Å²) in [6, 6.07) is 2.92. The van der Waals surface area contributed by atoms with Crippen LogP contribution in [-0.4, -0.2) is 36.1 Å². The number of nitrogens with zero attached hydrogens (tertiary/aromatic N) is 2. The fourth-order valence-electron chi connectivity index (χ4n) is 1.89. The van der Waals surface area contributed by atoms with Crippen LogP contribution in [0.15, 0.2) is 23.1 Å². The van der Waals surface area contributed by atoms with E-state index in [0.717, 1.165) is 0 Å². The minimum atomic E-state index is -3.09. The van der Waals surface area contributed by atoms with Gasteiger partial charge in [-0.2, -0.15) is 0 Å². The van der Waals surface area contributed by atoms with Crippen LogP contribution in [-0.2, 0) is 16.6 Å². The van der Waals surface area contributed by atoms with E-state index >= 15 is 0 Å². The third-order valence-electron chi connectivity index (χ3n) is 2.80. The summed E-state index contributed by atoms with van der Waals surface area (Å²) in [5.74, 6) is 0.207. The molecule has 0 radical (unpaired) electrons. The third kappa shape index (κ3) is 2.67. The van der Waals surface area contributed by atoms with Gasteiger partial charge in [-0.3, -0.25) is 4.79 Å². The van der Waals surface area contributed by atoms with E-state index in [4.69, 9.17) is 5.73 Å². The molecule has 0 spiro atoms. The molecule has 0 aromatic carbocycles. The zero-order chi connectivity index (χ0) is 12.5. The van der Waals surface area contributed by atoms with Gasteiger partial charge in [0.1, 0.15) is 0 Å². The number of aromatic nitrogens is 1. The van der Waals surface area contributed by atoms with E-state index in [0.29, 0.717) is 31.7 Å². The number of hydrogen-bond donors (Lipinski definition) is 1. The molecule has 1 saturated heterocycles. The summed E-state index contributed by atoms with van der Waals surface area (Å²) in [6.07, 6.45) is 2.19. The smallest absolute Gasteiger partial charge is 0.250 e. The van der Waals surface area contributed by atoms with Crippen LogP contribution in [0.5, 0.6) is 0 Å². The summed E-state index contributed by atoms with van der Waals surface area (Å²) in [6.45, 7) is 1.20. The second kappa shape index (κ2) is 4.50.